The van der Waals surface area contributed by atoms with Crippen LogP contribution in [0.3, 0.4) is 0 Å². The summed E-state index contributed by atoms with van der Waals surface area (Å²) in [6.07, 6.45) is -5.26. The minimum atomic E-state index is -4.41. The Labute approximate surface area is 133 Å². The SMILES string of the molecule is C[C@H](/C(CO)=N/C(=O)OC(C)(C)C)c1ccc(C(F)(F)F)cc1. The molecular weight excluding hydrogens is 311 g/mol. The molecule has 0 radical (unpaired) electrons. The fraction of sp³-hybridized carbons (Fsp3) is 0.500. The van der Waals surface area contributed by atoms with Crippen molar-refractivity contribution in [3.8, 4) is 0 Å². The van der Waals surface area contributed by atoms with Gasteiger partial charge < -0.3 is 9.84 Å². The third kappa shape index (κ3) is 6.02. The second kappa shape index (κ2) is 7.12. The summed E-state index contributed by atoms with van der Waals surface area (Å²) < 4.78 is 42.7. The molecule has 0 saturated carbocycles. The fourth-order valence-corrected chi connectivity index (χ4v) is 1.82. The number of aliphatic hydroxyl groups is 1. The largest absolute Gasteiger partial charge is 0.442 e. The lowest BCUT2D eigenvalue weighted by molar-refractivity contribution is -0.137. The Morgan fingerprint density at radius 3 is 2.13 bits per heavy atom. The van der Waals surface area contributed by atoms with Gasteiger partial charge in [-0.05, 0) is 38.5 Å². The van der Waals surface area contributed by atoms with E-state index in [1.165, 1.54) is 12.1 Å². The number of benzene rings is 1. The van der Waals surface area contributed by atoms with Crippen molar-refractivity contribution in [2.24, 2.45) is 4.99 Å². The van der Waals surface area contributed by atoms with E-state index in [0.29, 0.717) is 5.56 Å². The van der Waals surface area contributed by atoms with Crippen molar-refractivity contribution in [3.05, 3.63) is 35.4 Å². The van der Waals surface area contributed by atoms with E-state index >= 15 is 0 Å². The number of aliphatic hydroxyl groups excluding tert-OH is 1. The van der Waals surface area contributed by atoms with E-state index in [9.17, 15) is 23.1 Å². The van der Waals surface area contributed by atoms with Crippen LogP contribution in [0.1, 0.15) is 44.7 Å². The van der Waals surface area contributed by atoms with E-state index in [-0.39, 0.29) is 5.71 Å². The number of hydrogen-bond acceptors (Lipinski definition) is 3. The Balaban J connectivity index is 2.96. The van der Waals surface area contributed by atoms with Gasteiger partial charge in [0.2, 0.25) is 0 Å². The van der Waals surface area contributed by atoms with Crippen molar-refractivity contribution in [2.75, 3.05) is 6.61 Å². The van der Waals surface area contributed by atoms with Gasteiger partial charge in [0.15, 0.2) is 0 Å². The standard InChI is InChI=1S/C16H20F3NO3/c1-10(11-5-7-12(8-6-11)16(17,18)19)13(9-21)20-14(22)23-15(2,3)4/h5-8,10,21H,9H2,1-4H3/b20-13+/t10-/m0/s1. The third-order valence-corrected chi connectivity index (χ3v) is 3.03. The molecular formula is C16H20F3NO3. The maximum Gasteiger partial charge on any atom is 0.434 e. The van der Waals surface area contributed by atoms with Gasteiger partial charge in [-0.25, -0.2) is 4.79 Å². The molecule has 128 valence electrons. The number of carbonyl (C=O) groups is 1. The van der Waals surface area contributed by atoms with Gasteiger partial charge in [0, 0.05) is 5.92 Å². The van der Waals surface area contributed by atoms with Crippen LogP contribution < -0.4 is 0 Å². The van der Waals surface area contributed by atoms with Crippen molar-refractivity contribution in [3.63, 3.8) is 0 Å². The third-order valence-electron chi connectivity index (χ3n) is 3.03. The number of carbonyl (C=O) groups excluding carboxylic acids is 1. The zero-order valence-electron chi connectivity index (χ0n) is 13.4. The number of hydrogen-bond donors (Lipinski definition) is 1. The number of rotatable bonds is 3. The van der Waals surface area contributed by atoms with Gasteiger partial charge in [0.1, 0.15) is 5.60 Å². The van der Waals surface area contributed by atoms with Crippen molar-refractivity contribution in [2.45, 2.75) is 45.4 Å². The molecule has 0 unspecified atom stereocenters. The Bertz CT molecular complexity index is 572. The summed E-state index contributed by atoms with van der Waals surface area (Å²) >= 11 is 0. The van der Waals surface area contributed by atoms with E-state index < -0.39 is 36.0 Å². The summed E-state index contributed by atoms with van der Waals surface area (Å²) in [4.78, 5) is 15.4. The number of nitrogens with zero attached hydrogens (tertiary/aromatic N) is 1. The second-order valence-corrected chi connectivity index (χ2v) is 6.08. The quantitative estimate of drug-likeness (QED) is 0.845. The minimum Gasteiger partial charge on any atom is -0.442 e. The molecule has 0 saturated heterocycles. The highest BCUT2D eigenvalue weighted by Crippen LogP contribution is 2.30. The lowest BCUT2D eigenvalue weighted by atomic mass is 9.95. The van der Waals surface area contributed by atoms with Crippen molar-refractivity contribution in [1.82, 2.24) is 0 Å². The number of aliphatic imine (C=N–C) groups is 1. The molecule has 0 heterocycles. The van der Waals surface area contributed by atoms with Gasteiger partial charge in [0.25, 0.3) is 0 Å². The van der Waals surface area contributed by atoms with Crippen LogP contribution in [0.25, 0.3) is 0 Å². The molecule has 1 rings (SSSR count). The zero-order chi connectivity index (χ0) is 17.8. The zero-order valence-corrected chi connectivity index (χ0v) is 13.4. The van der Waals surface area contributed by atoms with E-state index in [2.05, 4.69) is 4.99 Å². The van der Waals surface area contributed by atoms with Crippen molar-refractivity contribution >= 4 is 11.8 Å². The van der Waals surface area contributed by atoms with E-state index in [4.69, 9.17) is 4.74 Å². The van der Waals surface area contributed by atoms with E-state index in [1.54, 1.807) is 27.7 Å². The first-order chi connectivity index (χ1) is 10.4. The molecule has 0 spiro atoms. The second-order valence-electron chi connectivity index (χ2n) is 6.08. The van der Waals surface area contributed by atoms with Crippen LogP contribution in [0.4, 0.5) is 18.0 Å². The molecule has 0 aromatic heterocycles. The molecule has 1 N–H and O–H groups in total. The fourth-order valence-electron chi connectivity index (χ4n) is 1.82. The molecule has 4 nitrogen and oxygen atoms in total. The number of alkyl halides is 3. The number of halogens is 3. The maximum atomic E-state index is 12.6. The first-order valence-electron chi connectivity index (χ1n) is 7.02. The summed E-state index contributed by atoms with van der Waals surface area (Å²) in [7, 11) is 0. The number of ether oxygens (including phenoxy) is 1. The average Bonchev–Trinajstić information content (AvgIpc) is 2.41. The Hall–Kier alpha value is -1.89. The van der Waals surface area contributed by atoms with Crippen LogP contribution in [-0.4, -0.2) is 29.1 Å². The van der Waals surface area contributed by atoms with Crippen molar-refractivity contribution < 1.29 is 27.8 Å². The molecule has 0 aliphatic carbocycles. The van der Waals surface area contributed by atoms with Crippen molar-refractivity contribution in [1.29, 1.82) is 0 Å². The summed E-state index contributed by atoms with van der Waals surface area (Å²) in [6, 6.07) is 4.50. The minimum absolute atomic E-state index is 0.124. The predicted molar refractivity (Wildman–Crippen MR) is 80.6 cm³/mol. The normalized spacial score (nSPS) is 14.5. The molecule has 23 heavy (non-hydrogen) atoms. The van der Waals surface area contributed by atoms with Gasteiger partial charge >= 0.3 is 12.3 Å². The molecule has 1 aromatic carbocycles. The van der Waals surface area contributed by atoms with Crippen LogP contribution in [-0.2, 0) is 10.9 Å². The highest BCUT2D eigenvalue weighted by Gasteiger charge is 2.30. The summed E-state index contributed by atoms with van der Waals surface area (Å²) in [5, 5.41) is 9.37. The summed E-state index contributed by atoms with van der Waals surface area (Å²) in [5.74, 6) is -0.519. The van der Waals surface area contributed by atoms with Gasteiger partial charge in [-0.15, -0.1) is 0 Å². The van der Waals surface area contributed by atoms with Gasteiger partial charge in [-0.2, -0.15) is 18.2 Å². The van der Waals surface area contributed by atoms with Crippen LogP contribution in [0, 0.1) is 0 Å². The van der Waals surface area contributed by atoms with Gasteiger partial charge in [-0.3, -0.25) is 0 Å². The van der Waals surface area contributed by atoms with Crippen LogP contribution in [0.15, 0.2) is 29.3 Å². The monoisotopic (exact) mass is 331 g/mol. The number of amides is 1. The summed E-state index contributed by atoms with van der Waals surface area (Å²) in [5.41, 5.74) is -0.852. The molecule has 0 bridgehead atoms. The molecule has 1 amide bonds. The van der Waals surface area contributed by atoms with Crippen LogP contribution in [0.5, 0.6) is 0 Å². The smallest absolute Gasteiger partial charge is 0.434 e. The molecule has 1 aromatic rings. The Morgan fingerprint density at radius 1 is 1.22 bits per heavy atom. The molecule has 0 aliphatic heterocycles. The highest BCUT2D eigenvalue weighted by molar-refractivity contribution is 5.98. The lowest BCUT2D eigenvalue weighted by Crippen LogP contribution is -2.24. The molecule has 1 atom stereocenters. The molecule has 0 fully saturated rings. The van der Waals surface area contributed by atoms with Crippen LogP contribution in [0.2, 0.25) is 0 Å². The molecule has 0 aliphatic rings. The van der Waals surface area contributed by atoms with E-state index in [1.807, 2.05) is 0 Å². The Morgan fingerprint density at radius 2 is 1.74 bits per heavy atom. The maximum absolute atomic E-state index is 12.6. The average molecular weight is 331 g/mol. The topological polar surface area (TPSA) is 58.9 Å². The predicted octanol–water partition coefficient (Wildman–Crippen LogP) is 4.18. The first kappa shape index (κ1) is 19.2. The van der Waals surface area contributed by atoms with Crippen LogP contribution >= 0.6 is 0 Å². The van der Waals surface area contributed by atoms with Gasteiger partial charge in [-0.1, -0.05) is 19.1 Å². The lowest BCUT2D eigenvalue weighted by Gasteiger charge is -2.19. The van der Waals surface area contributed by atoms with Gasteiger partial charge in [0.05, 0.1) is 17.9 Å². The van der Waals surface area contributed by atoms with E-state index in [0.717, 1.165) is 12.1 Å². The summed E-state index contributed by atoms with van der Waals surface area (Å²) in [6.45, 7) is 6.18. The Kier molecular flexibility index (Phi) is 5.93. The first-order valence-corrected chi connectivity index (χ1v) is 7.02. The highest BCUT2D eigenvalue weighted by atomic mass is 19.4. The molecule has 7 heteroatoms.